The molecule has 3 aliphatic rings. The molecule has 0 amide bonds. The van der Waals surface area contributed by atoms with Gasteiger partial charge in [-0.05, 0) is 51.9 Å². The lowest BCUT2D eigenvalue weighted by Crippen LogP contribution is -2.50. The molecule has 20 heavy (non-hydrogen) atoms. The molecule has 0 spiro atoms. The minimum absolute atomic E-state index is 0.111. The van der Waals surface area contributed by atoms with Gasteiger partial charge in [-0.3, -0.25) is 0 Å². The summed E-state index contributed by atoms with van der Waals surface area (Å²) in [6, 6.07) is 0. The van der Waals surface area contributed by atoms with Crippen LogP contribution in [-0.4, -0.2) is 31.5 Å². The van der Waals surface area contributed by atoms with Crippen LogP contribution in [0, 0.1) is 17.8 Å². The van der Waals surface area contributed by atoms with Gasteiger partial charge < -0.3 is 14.0 Å². The normalized spacial score (nSPS) is 46.1. The van der Waals surface area contributed by atoms with E-state index < -0.39 is 0 Å². The molecule has 0 aromatic heterocycles. The molecule has 0 aromatic rings. The Morgan fingerprint density at radius 3 is 2.40 bits per heavy atom. The predicted octanol–water partition coefficient (Wildman–Crippen LogP) is 3.31. The van der Waals surface area contributed by atoms with Gasteiger partial charge in [0, 0.05) is 12.4 Å². The van der Waals surface area contributed by atoms with Crippen LogP contribution in [0.15, 0.2) is 12.2 Å². The van der Waals surface area contributed by atoms with Crippen LogP contribution in [0.1, 0.15) is 41.0 Å². The smallest absolute Gasteiger partial charge is 0.403 e. The van der Waals surface area contributed by atoms with E-state index in [-0.39, 0.29) is 18.3 Å². The molecule has 2 saturated heterocycles. The molecule has 4 heteroatoms. The summed E-state index contributed by atoms with van der Waals surface area (Å²) in [5.41, 5.74) is 0.801. The fraction of sp³-hybridized carbons (Fsp3) is 0.875. The van der Waals surface area contributed by atoms with Crippen LogP contribution >= 0.6 is 0 Å². The molecule has 0 aromatic carbocycles. The van der Waals surface area contributed by atoms with Gasteiger partial charge in [-0.2, -0.15) is 0 Å². The Bertz CT molecular complexity index is 422. The fourth-order valence-electron chi connectivity index (χ4n) is 4.33. The lowest BCUT2D eigenvalue weighted by molar-refractivity contribution is -0.0119. The molecule has 112 valence electrons. The van der Waals surface area contributed by atoms with Gasteiger partial charge in [0.1, 0.15) is 0 Å². The zero-order valence-electron chi connectivity index (χ0n) is 13.4. The van der Waals surface area contributed by atoms with E-state index in [9.17, 15) is 0 Å². The van der Waals surface area contributed by atoms with Crippen molar-refractivity contribution in [2.24, 2.45) is 17.8 Å². The summed E-state index contributed by atoms with van der Waals surface area (Å²) in [6.45, 7) is 16.7. The third kappa shape index (κ3) is 1.84. The molecular weight excluding hydrogens is 251 g/mol. The van der Waals surface area contributed by atoms with Gasteiger partial charge in [0.25, 0.3) is 0 Å². The molecule has 3 rings (SSSR count). The highest BCUT2D eigenvalue weighted by molar-refractivity contribution is 6.48. The van der Waals surface area contributed by atoms with Crippen LogP contribution in [0.4, 0.5) is 0 Å². The second kappa shape index (κ2) is 4.59. The molecule has 0 radical (unpaired) electrons. The quantitative estimate of drug-likeness (QED) is 0.585. The van der Waals surface area contributed by atoms with Crippen molar-refractivity contribution in [3.8, 4) is 0 Å². The van der Waals surface area contributed by atoms with E-state index in [4.69, 9.17) is 14.0 Å². The first kappa shape index (κ1) is 14.6. The average Bonchev–Trinajstić information content (AvgIpc) is 2.80. The topological polar surface area (TPSA) is 27.7 Å². The largest absolute Gasteiger partial charge is 0.462 e. The maximum Gasteiger partial charge on any atom is 0.462 e. The Morgan fingerprint density at radius 2 is 1.85 bits per heavy atom. The summed E-state index contributed by atoms with van der Waals surface area (Å²) in [5, 5.41) is 0. The van der Waals surface area contributed by atoms with E-state index in [1.54, 1.807) is 0 Å². The Morgan fingerprint density at radius 1 is 1.20 bits per heavy atom. The second-order valence-electron chi connectivity index (χ2n) is 7.51. The van der Waals surface area contributed by atoms with Gasteiger partial charge in [-0.25, -0.2) is 0 Å². The predicted molar refractivity (Wildman–Crippen MR) is 80.6 cm³/mol. The standard InChI is InChI=1S/C16H27BO3/c1-7-16(6)15(4,5)19-17(20-16)14-12-9-18-8-11(12)13(14)10(2)3/h11-14H,2,7-9H2,1,3-6H3/t11-,12+,13+,14-,16-/m1/s1. The molecule has 1 saturated carbocycles. The molecule has 0 unspecified atom stereocenters. The Balaban J connectivity index is 1.82. The van der Waals surface area contributed by atoms with E-state index in [1.165, 1.54) is 5.57 Å². The number of ether oxygens (including phenoxy) is 1. The Hall–Kier alpha value is -0.315. The average molecular weight is 278 g/mol. The third-order valence-corrected chi connectivity index (χ3v) is 6.16. The maximum atomic E-state index is 6.39. The van der Waals surface area contributed by atoms with E-state index in [1.807, 2.05) is 0 Å². The maximum absolute atomic E-state index is 6.39. The summed E-state index contributed by atoms with van der Waals surface area (Å²) in [5.74, 6) is 2.10. The van der Waals surface area contributed by atoms with Crippen LogP contribution in [0.2, 0.25) is 5.82 Å². The SMILES string of the molecule is C=C(C)[C@H]1[C@@H]2COC[C@@H]2[C@H]1B1OC(C)(C)[C@@](C)(CC)O1. The van der Waals surface area contributed by atoms with Gasteiger partial charge in [0.15, 0.2) is 0 Å². The first-order chi connectivity index (χ1) is 9.31. The first-order valence-corrected chi connectivity index (χ1v) is 7.89. The van der Waals surface area contributed by atoms with Crippen molar-refractivity contribution in [1.82, 2.24) is 0 Å². The summed E-state index contributed by atoms with van der Waals surface area (Å²) in [7, 11) is -0.111. The minimum atomic E-state index is -0.239. The molecule has 3 nitrogen and oxygen atoms in total. The van der Waals surface area contributed by atoms with Crippen LogP contribution < -0.4 is 0 Å². The first-order valence-electron chi connectivity index (χ1n) is 7.89. The minimum Gasteiger partial charge on any atom is -0.403 e. The van der Waals surface area contributed by atoms with Crippen LogP contribution in [-0.2, 0) is 14.0 Å². The van der Waals surface area contributed by atoms with E-state index in [0.717, 1.165) is 19.6 Å². The molecule has 5 atom stereocenters. The molecule has 2 aliphatic heterocycles. The van der Waals surface area contributed by atoms with E-state index in [0.29, 0.717) is 23.6 Å². The Labute approximate surface area is 123 Å². The van der Waals surface area contributed by atoms with Crippen molar-refractivity contribution < 1.29 is 14.0 Å². The van der Waals surface area contributed by atoms with Gasteiger partial charge in [0.05, 0.1) is 17.8 Å². The molecule has 1 aliphatic carbocycles. The van der Waals surface area contributed by atoms with Crippen molar-refractivity contribution in [3.05, 3.63) is 12.2 Å². The second-order valence-corrected chi connectivity index (χ2v) is 7.51. The van der Waals surface area contributed by atoms with Crippen molar-refractivity contribution in [3.63, 3.8) is 0 Å². The highest BCUT2D eigenvalue weighted by atomic mass is 16.7. The van der Waals surface area contributed by atoms with Crippen molar-refractivity contribution in [2.75, 3.05) is 13.2 Å². The summed E-state index contributed by atoms with van der Waals surface area (Å²) in [4.78, 5) is 0. The van der Waals surface area contributed by atoms with Crippen molar-refractivity contribution >= 4 is 7.12 Å². The molecule has 0 bridgehead atoms. The van der Waals surface area contributed by atoms with Gasteiger partial charge in [-0.1, -0.05) is 19.1 Å². The molecule has 3 fully saturated rings. The van der Waals surface area contributed by atoms with Crippen LogP contribution in [0.5, 0.6) is 0 Å². The monoisotopic (exact) mass is 278 g/mol. The van der Waals surface area contributed by atoms with Crippen molar-refractivity contribution in [1.29, 1.82) is 0 Å². The molecule has 2 heterocycles. The van der Waals surface area contributed by atoms with Gasteiger partial charge >= 0.3 is 7.12 Å². The van der Waals surface area contributed by atoms with Crippen LogP contribution in [0.3, 0.4) is 0 Å². The third-order valence-electron chi connectivity index (χ3n) is 6.16. The Kier molecular flexibility index (Phi) is 3.35. The number of hydrogen-bond donors (Lipinski definition) is 0. The summed E-state index contributed by atoms with van der Waals surface area (Å²) >= 11 is 0. The summed E-state index contributed by atoms with van der Waals surface area (Å²) in [6.07, 6.45) is 0.964. The number of rotatable bonds is 3. The number of hydrogen-bond acceptors (Lipinski definition) is 3. The van der Waals surface area contributed by atoms with E-state index >= 15 is 0 Å². The number of fused-ring (bicyclic) bond motifs is 1. The fourth-order valence-corrected chi connectivity index (χ4v) is 4.33. The van der Waals surface area contributed by atoms with Gasteiger partial charge in [-0.15, -0.1) is 0 Å². The highest BCUT2D eigenvalue weighted by Gasteiger charge is 2.65. The lowest BCUT2D eigenvalue weighted by atomic mass is 9.43. The zero-order valence-corrected chi connectivity index (χ0v) is 13.4. The zero-order chi connectivity index (χ0) is 14.7. The van der Waals surface area contributed by atoms with E-state index in [2.05, 4.69) is 41.2 Å². The lowest BCUT2D eigenvalue weighted by Gasteiger charge is -2.49. The number of allylic oxidation sites excluding steroid dienone is 1. The molecule has 0 N–H and O–H groups in total. The van der Waals surface area contributed by atoms with Crippen LogP contribution in [0.25, 0.3) is 0 Å². The molecular formula is C16H27BO3. The highest BCUT2D eigenvalue weighted by Crippen LogP contribution is 2.60. The van der Waals surface area contributed by atoms with Gasteiger partial charge in [0.2, 0.25) is 0 Å². The summed E-state index contributed by atoms with van der Waals surface area (Å²) < 4.78 is 18.4. The van der Waals surface area contributed by atoms with Crippen molar-refractivity contribution in [2.45, 2.75) is 58.1 Å².